The molecule has 13 heteroatoms. The fourth-order valence-electron chi connectivity index (χ4n) is 3.29. The molecule has 0 saturated carbocycles. The molecule has 0 aliphatic heterocycles. The molecule has 3 aromatic carbocycles. The van der Waals surface area contributed by atoms with Crippen molar-refractivity contribution in [2.24, 2.45) is 0 Å². The molecular weight excluding hydrogens is 514 g/mol. The standard InChI is InChI=1S/C23H16F6N2O4S/c1-13-19(30-21(35-13)14-5-7-16(8-6-14)22(24,25)26)12-34-20-4-2-3-15-11-17(9-10-18(15)20)31-36(32,33)23(27,28)29/h2-11,31H,12H2,1H3. The minimum Gasteiger partial charge on any atom is -0.487 e. The van der Waals surface area contributed by atoms with E-state index in [0.29, 0.717) is 33.5 Å². The Bertz CT molecular complexity index is 1510. The summed E-state index contributed by atoms with van der Waals surface area (Å²) in [5, 5.41) is 0.911. The van der Waals surface area contributed by atoms with Crippen molar-refractivity contribution >= 4 is 26.5 Å². The van der Waals surface area contributed by atoms with Crippen LogP contribution in [0.3, 0.4) is 0 Å². The number of ether oxygens (including phenoxy) is 1. The lowest BCUT2D eigenvalue weighted by molar-refractivity contribution is -0.137. The van der Waals surface area contributed by atoms with Gasteiger partial charge in [0.2, 0.25) is 5.89 Å². The second kappa shape index (κ2) is 9.04. The molecule has 4 rings (SSSR count). The second-order valence-electron chi connectivity index (χ2n) is 7.63. The molecule has 0 aliphatic carbocycles. The monoisotopic (exact) mass is 530 g/mol. The van der Waals surface area contributed by atoms with E-state index in [0.717, 1.165) is 12.1 Å². The van der Waals surface area contributed by atoms with E-state index in [4.69, 9.17) is 9.15 Å². The molecule has 0 fully saturated rings. The molecule has 0 saturated heterocycles. The maximum atomic E-state index is 12.8. The van der Waals surface area contributed by atoms with Gasteiger partial charge in [-0.25, -0.2) is 4.98 Å². The predicted molar refractivity (Wildman–Crippen MR) is 119 cm³/mol. The number of sulfonamides is 1. The van der Waals surface area contributed by atoms with Gasteiger partial charge in [0, 0.05) is 16.6 Å². The molecule has 0 spiro atoms. The zero-order valence-electron chi connectivity index (χ0n) is 18.2. The molecule has 1 aromatic heterocycles. The van der Waals surface area contributed by atoms with Crippen molar-refractivity contribution in [1.82, 2.24) is 4.98 Å². The van der Waals surface area contributed by atoms with Crippen LogP contribution in [0.25, 0.3) is 22.2 Å². The Morgan fingerprint density at radius 3 is 2.31 bits per heavy atom. The largest absolute Gasteiger partial charge is 0.516 e. The highest BCUT2D eigenvalue weighted by atomic mass is 32.2. The number of alkyl halides is 6. The van der Waals surface area contributed by atoms with Crippen LogP contribution >= 0.6 is 0 Å². The molecule has 0 unspecified atom stereocenters. The Morgan fingerprint density at radius 1 is 0.972 bits per heavy atom. The van der Waals surface area contributed by atoms with E-state index in [-0.39, 0.29) is 18.2 Å². The SMILES string of the molecule is Cc1oc(-c2ccc(C(F)(F)F)cc2)nc1COc1cccc2cc(NS(=O)(=O)C(F)(F)F)ccc12. The van der Waals surface area contributed by atoms with Crippen molar-refractivity contribution < 1.29 is 43.9 Å². The molecule has 1 N–H and O–H groups in total. The lowest BCUT2D eigenvalue weighted by Crippen LogP contribution is -2.29. The predicted octanol–water partition coefficient (Wildman–Crippen LogP) is 6.66. The number of nitrogens with one attached hydrogen (secondary N) is 1. The number of oxazole rings is 1. The van der Waals surface area contributed by atoms with Gasteiger partial charge in [-0.05, 0) is 60.8 Å². The molecule has 36 heavy (non-hydrogen) atoms. The summed E-state index contributed by atoms with van der Waals surface area (Å²) in [6, 6.07) is 12.9. The van der Waals surface area contributed by atoms with Crippen molar-refractivity contribution in [3.8, 4) is 17.2 Å². The van der Waals surface area contributed by atoms with E-state index in [9.17, 15) is 34.8 Å². The summed E-state index contributed by atoms with van der Waals surface area (Å²) in [4.78, 5) is 4.29. The first-order chi connectivity index (χ1) is 16.7. The van der Waals surface area contributed by atoms with E-state index in [2.05, 4.69) is 4.98 Å². The number of aromatic nitrogens is 1. The van der Waals surface area contributed by atoms with Crippen LogP contribution in [0.15, 0.2) is 65.1 Å². The first-order valence-electron chi connectivity index (χ1n) is 10.1. The smallest absolute Gasteiger partial charge is 0.487 e. The lowest BCUT2D eigenvalue weighted by Gasteiger charge is -2.12. The van der Waals surface area contributed by atoms with E-state index in [1.54, 1.807) is 25.1 Å². The summed E-state index contributed by atoms with van der Waals surface area (Å²) < 4.78 is 112. The Labute approximate surface area is 200 Å². The normalized spacial score (nSPS) is 12.6. The van der Waals surface area contributed by atoms with E-state index < -0.39 is 27.3 Å². The van der Waals surface area contributed by atoms with Gasteiger partial charge < -0.3 is 9.15 Å². The Morgan fingerprint density at radius 2 is 1.67 bits per heavy atom. The highest BCUT2D eigenvalue weighted by Crippen LogP contribution is 2.33. The summed E-state index contributed by atoms with van der Waals surface area (Å²) >= 11 is 0. The number of hydrogen-bond donors (Lipinski definition) is 1. The van der Waals surface area contributed by atoms with Crippen LogP contribution in [0.4, 0.5) is 32.0 Å². The number of aryl methyl sites for hydroxylation is 1. The van der Waals surface area contributed by atoms with Crippen LogP contribution in [0.5, 0.6) is 5.75 Å². The third-order valence-electron chi connectivity index (χ3n) is 5.11. The van der Waals surface area contributed by atoms with Crippen LogP contribution in [0.2, 0.25) is 0 Å². The van der Waals surface area contributed by atoms with Crippen LogP contribution < -0.4 is 9.46 Å². The quantitative estimate of drug-likeness (QED) is 0.282. The molecular formula is C23H16F6N2O4S. The molecule has 0 bridgehead atoms. The average Bonchev–Trinajstić information content (AvgIpc) is 3.16. The van der Waals surface area contributed by atoms with Crippen LogP contribution in [-0.2, 0) is 22.8 Å². The second-order valence-corrected chi connectivity index (χ2v) is 9.30. The van der Waals surface area contributed by atoms with E-state index >= 15 is 0 Å². The Balaban J connectivity index is 1.52. The van der Waals surface area contributed by atoms with Crippen LogP contribution in [0.1, 0.15) is 17.0 Å². The van der Waals surface area contributed by atoms with Crippen molar-refractivity contribution in [3.05, 3.63) is 77.7 Å². The maximum absolute atomic E-state index is 12.8. The fourth-order valence-corrected chi connectivity index (χ4v) is 3.84. The third-order valence-corrected chi connectivity index (χ3v) is 6.23. The molecule has 0 radical (unpaired) electrons. The molecule has 0 atom stereocenters. The van der Waals surface area contributed by atoms with Gasteiger partial charge in [-0.1, -0.05) is 12.1 Å². The van der Waals surface area contributed by atoms with E-state index in [1.165, 1.54) is 35.1 Å². The van der Waals surface area contributed by atoms with Crippen molar-refractivity contribution in [1.29, 1.82) is 0 Å². The highest BCUT2D eigenvalue weighted by molar-refractivity contribution is 7.93. The number of halogens is 6. The topological polar surface area (TPSA) is 81.4 Å². The van der Waals surface area contributed by atoms with Gasteiger partial charge in [0.1, 0.15) is 23.8 Å². The molecule has 0 amide bonds. The van der Waals surface area contributed by atoms with Crippen molar-refractivity contribution in [3.63, 3.8) is 0 Å². The number of fused-ring (bicyclic) bond motifs is 1. The van der Waals surface area contributed by atoms with E-state index in [1.807, 2.05) is 0 Å². The van der Waals surface area contributed by atoms with Gasteiger partial charge in [0.15, 0.2) is 0 Å². The minimum absolute atomic E-state index is 0.0719. The summed E-state index contributed by atoms with van der Waals surface area (Å²) in [7, 11) is -5.57. The molecule has 4 aromatic rings. The summed E-state index contributed by atoms with van der Waals surface area (Å²) in [6.45, 7) is 1.54. The van der Waals surface area contributed by atoms with Gasteiger partial charge in [-0.15, -0.1) is 0 Å². The summed E-state index contributed by atoms with van der Waals surface area (Å²) in [5.41, 5.74) is -5.80. The molecule has 0 aliphatic rings. The highest BCUT2D eigenvalue weighted by Gasteiger charge is 2.46. The maximum Gasteiger partial charge on any atom is 0.516 e. The van der Waals surface area contributed by atoms with Gasteiger partial charge in [-0.2, -0.15) is 34.8 Å². The Kier molecular flexibility index (Phi) is 6.37. The first-order valence-corrected chi connectivity index (χ1v) is 11.6. The van der Waals surface area contributed by atoms with Crippen LogP contribution in [0, 0.1) is 6.92 Å². The zero-order chi connectivity index (χ0) is 26.3. The molecule has 6 nitrogen and oxygen atoms in total. The number of rotatable bonds is 6. The first kappa shape index (κ1) is 25.4. The van der Waals surface area contributed by atoms with Gasteiger partial charge in [0.05, 0.1) is 5.56 Å². The fraction of sp³-hybridized carbons (Fsp3) is 0.174. The van der Waals surface area contributed by atoms with Crippen LogP contribution in [-0.4, -0.2) is 18.9 Å². The van der Waals surface area contributed by atoms with Gasteiger partial charge in [-0.3, -0.25) is 4.72 Å². The minimum atomic E-state index is -5.57. The van der Waals surface area contributed by atoms with Crippen molar-refractivity contribution in [2.75, 3.05) is 4.72 Å². The number of nitrogens with zero attached hydrogens (tertiary/aromatic N) is 1. The third kappa shape index (κ3) is 5.25. The molecule has 1 heterocycles. The molecule has 190 valence electrons. The Hall–Kier alpha value is -3.74. The lowest BCUT2D eigenvalue weighted by atomic mass is 10.1. The van der Waals surface area contributed by atoms with Crippen molar-refractivity contribution in [2.45, 2.75) is 25.2 Å². The number of anilines is 1. The summed E-state index contributed by atoms with van der Waals surface area (Å²) in [5.74, 6) is 0.838. The average molecular weight is 530 g/mol. The number of hydrogen-bond acceptors (Lipinski definition) is 5. The summed E-state index contributed by atoms with van der Waals surface area (Å²) in [6.07, 6.45) is -4.47. The van der Waals surface area contributed by atoms with Gasteiger partial charge >= 0.3 is 21.7 Å². The zero-order valence-corrected chi connectivity index (χ0v) is 19.1. The van der Waals surface area contributed by atoms with Gasteiger partial charge in [0.25, 0.3) is 0 Å². The number of benzene rings is 3.